The predicted octanol–water partition coefficient (Wildman–Crippen LogP) is 2.01. The lowest BCUT2D eigenvalue weighted by molar-refractivity contribution is 0.763. The van der Waals surface area contributed by atoms with Gasteiger partial charge < -0.3 is 15.5 Å². The summed E-state index contributed by atoms with van der Waals surface area (Å²) in [6, 6.07) is 0.467. The molecule has 0 spiro atoms. The summed E-state index contributed by atoms with van der Waals surface area (Å²) in [5.41, 5.74) is 6.66. The van der Waals surface area contributed by atoms with Crippen LogP contribution in [-0.4, -0.2) is 31.9 Å². The molecule has 18 heavy (non-hydrogen) atoms. The van der Waals surface area contributed by atoms with Crippen LogP contribution >= 0.6 is 11.8 Å². The zero-order valence-corrected chi connectivity index (χ0v) is 11.2. The van der Waals surface area contributed by atoms with E-state index in [2.05, 4.69) is 21.5 Å². The van der Waals surface area contributed by atoms with Crippen molar-refractivity contribution in [2.45, 2.75) is 30.6 Å². The van der Waals surface area contributed by atoms with Gasteiger partial charge in [-0.2, -0.15) is 11.8 Å². The average molecular weight is 263 g/mol. The van der Waals surface area contributed by atoms with Crippen molar-refractivity contribution < 1.29 is 0 Å². The van der Waals surface area contributed by atoms with Crippen LogP contribution in [0.3, 0.4) is 0 Å². The maximum Gasteiger partial charge on any atom is 0.180 e. The second-order valence-electron chi connectivity index (χ2n) is 4.63. The van der Waals surface area contributed by atoms with Crippen molar-refractivity contribution in [3.05, 3.63) is 18.6 Å². The van der Waals surface area contributed by atoms with Gasteiger partial charge >= 0.3 is 0 Å². The van der Waals surface area contributed by atoms with Crippen molar-refractivity contribution in [2.24, 2.45) is 0 Å². The maximum absolute atomic E-state index is 5.82. The van der Waals surface area contributed by atoms with Crippen molar-refractivity contribution in [1.29, 1.82) is 0 Å². The Morgan fingerprint density at radius 2 is 2.39 bits per heavy atom. The van der Waals surface area contributed by atoms with Crippen molar-refractivity contribution in [3.63, 3.8) is 0 Å². The molecule has 1 aliphatic carbocycles. The summed E-state index contributed by atoms with van der Waals surface area (Å²) in [7, 11) is 0. The summed E-state index contributed by atoms with van der Waals surface area (Å²) in [6.45, 7) is 0. The lowest BCUT2D eigenvalue weighted by atomic mass is 10.2. The molecule has 2 unspecified atom stereocenters. The molecule has 0 bridgehead atoms. The lowest BCUT2D eigenvalue weighted by Crippen LogP contribution is -2.26. The Kier molecular flexibility index (Phi) is 3.03. The van der Waals surface area contributed by atoms with Gasteiger partial charge in [0.25, 0.3) is 0 Å². The summed E-state index contributed by atoms with van der Waals surface area (Å²) in [4.78, 5) is 8.71. The van der Waals surface area contributed by atoms with Crippen LogP contribution in [0.2, 0.25) is 0 Å². The second kappa shape index (κ2) is 4.68. The Hall–Kier alpha value is -1.43. The van der Waals surface area contributed by atoms with E-state index in [-0.39, 0.29) is 0 Å². The highest BCUT2D eigenvalue weighted by atomic mass is 32.2. The zero-order chi connectivity index (χ0) is 12.5. The first-order valence-corrected chi connectivity index (χ1v) is 7.45. The summed E-state index contributed by atoms with van der Waals surface area (Å²) >= 11 is 1.92. The molecule has 1 saturated carbocycles. The molecular weight excluding hydrogens is 246 g/mol. The molecule has 2 heterocycles. The number of nitrogens with zero attached hydrogens (tertiary/aromatic N) is 3. The second-order valence-corrected chi connectivity index (χ2v) is 5.71. The van der Waals surface area contributed by atoms with Crippen molar-refractivity contribution >= 4 is 29.0 Å². The summed E-state index contributed by atoms with van der Waals surface area (Å²) in [5.74, 6) is 1.31. The van der Waals surface area contributed by atoms with Crippen molar-refractivity contribution in [3.8, 4) is 0 Å². The van der Waals surface area contributed by atoms with E-state index in [1.165, 1.54) is 19.3 Å². The number of anilines is 2. The first kappa shape index (κ1) is 11.6. The molecule has 0 amide bonds. The molecule has 5 nitrogen and oxygen atoms in total. The van der Waals surface area contributed by atoms with Crippen LogP contribution in [0.4, 0.5) is 11.6 Å². The van der Waals surface area contributed by atoms with Crippen LogP contribution in [0.15, 0.2) is 18.6 Å². The molecule has 2 aromatic rings. The third-order valence-electron chi connectivity index (χ3n) is 3.47. The third-order valence-corrected chi connectivity index (χ3v) is 4.64. The van der Waals surface area contributed by atoms with E-state index < -0.39 is 0 Å². The van der Waals surface area contributed by atoms with Gasteiger partial charge in [0.05, 0.1) is 6.20 Å². The number of fused-ring (bicyclic) bond motifs is 1. The first-order valence-electron chi connectivity index (χ1n) is 6.16. The number of nitrogen functional groups attached to an aromatic ring is 1. The van der Waals surface area contributed by atoms with Gasteiger partial charge in [-0.05, 0) is 19.1 Å². The fourth-order valence-electron chi connectivity index (χ4n) is 2.60. The number of nitrogens with two attached hydrogens (primary N) is 1. The molecule has 2 aromatic heterocycles. The smallest absolute Gasteiger partial charge is 0.180 e. The Bertz CT molecular complexity index is 552. The third kappa shape index (κ3) is 2.01. The van der Waals surface area contributed by atoms with E-state index in [4.69, 9.17) is 5.73 Å². The van der Waals surface area contributed by atoms with Crippen LogP contribution in [-0.2, 0) is 0 Å². The molecular formula is C12H17N5S. The number of aromatic nitrogens is 3. The number of hydrogen-bond donors (Lipinski definition) is 2. The predicted molar refractivity (Wildman–Crippen MR) is 76.0 cm³/mol. The summed E-state index contributed by atoms with van der Waals surface area (Å²) in [6.07, 6.45) is 11.3. The van der Waals surface area contributed by atoms with Crippen LogP contribution < -0.4 is 11.1 Å². The van der Waals surface area contributed by atoms with E-state index in [1.807, 2.05) is 22.4 Å². The SMILES string of the molecule is CSC1CCCC1Nc1nc(N)cn2ccnc12. The van der Waals surface area contributed by atoms with Gasteiger partial charge in [0.2, 0.25) is 0 Å². The van der Waals surface area contributed by atoms with Gasteiger partial charge in [-0.1, -0.05) is 6.42 Å². The van der Waals surface area contributed by atoms with E-state index >= 15 is 0 Å². The van der Waals surface area contributed by atoms with Crippen molar-refractivity contribution in [1.82, 2.24) is 14.4 Å². The zero-order valence-electron chi connectivity index (χ0n) is 10.3. The minimum absolute atomic E-state index is 0.467. The quantitative estimate of drug-likeness (QED) is 0.886. The Morgan fingerprint density at radius 1 is 1.50 bits per heavy atom. The fraction of sp³-hybridized carbons (Fsp3) is 0.500. The molecule has 3 rings (SSSR count). The van der Waals surface area contributed by atoms with E-state index in [9.17, 15) is 0 Å². The topological polar surface area (TPSA) is 68.2 Å². The molecule has 0 aliphatic heterocycles. The molecule has 0 aromatic carbocycles. The van der Waals surface area contributed by atoms with E-state index in [0.29, 0.717) is 17.1 Å². The number of nitrogens with one attached hydrogen (secondary N) is 1. The van der Waals surface area contributed by atoms with Crippen LogP contribution in [0, 0.1) is 0 Å². The number of hydrogen-bond acceptors (Lipinski definition) is 5. The largest absolute Gasteiger partial charge is 0.382 e. The van der Waals surface area contributed by atoms with Gasteiger partial charge in [-0.3, -0.25) is 0 Å². The van der Waals surface area contributed by atoms with Gasteiger partial charge in [-0.25, -0.2) is 9.97 Å². The number of imidazole rings is 1. The van der Waals surface area contributed by atoms with Crippen LogP contribution in [0.1, 0.15) is 19.3 Å². The lowest BCUT2D eigenvalue weighted by Gasteiger charge is -2.20. The molecule has 0 saturated heterocycles. The molecule has 3 N–H and O–H groups in total. The highest BCUT2D eigenvalue weighted by Crippen LogP contribution is 2.31. The monoisotopic (exact) mass is 263 g/mol. The number of rotatable bonds is 3. The average Bonchev–Trinajstić information content (AvgIpc) is 2.96. The normalized spacial score (nSPS) is 23.6. The highest BCUT2D eigenvalue weighted by Gasteiger charge is 2.27. The molecule has 0 radical (unpaired) electrons. The highest BCUT2D eigenvalue weighted by molar-refractivity contribution is 7.99. The maximum atomic E-state index is 5.82. The minimum atomic E-state index is 0.467. The molecule has 96 valence electrons. The van der Waals surface area contributed by atoms with Crippen LogP contribution in [0.5, 0.6) is 0 Å². The van der Waals surface area contributed by atoms with Gasteiger partial charge in [-0.15, -0.1) is 0 Å². The molecule has 1 fully saturated rings. The van der Waals surface area contributed by atoms with Gasteiger partial charge in [0, 0.05) is 23.7 Å². The number of thioether (sulfide) groups is 1. The Labute approximate surface area is 110 Å². The standard InChI is InChI=1S/C12H17N5S/c1-18-9-4-2-3-8(9)15-11-12-14-5-6-17(12)7-10(13)16-11/h5-9H,2-4,13H2,1H3,(H,15,16). The van der Waals surface area contributed by atoms with E-state index in [0.717, 1.165) is 11.5 Å². The van der Waals surface area contributed by atoms with Crippen LogP contribution in [0.25, 0.3) is 5.65 Å². The van der Waals surface area contributed by atoms with Gasteiger partial charge in [0.15, 0.2) is 11.5 Å². The van der Waals surface area contributed by atoms with Crippen molar-refractivity contribution in [2.75, 3.05) is 17.3 Å². The minimum Gasteiger partial charge on any atom is -0.382 e. The van der Waals surface area contributed by atoms with E-state index in [1.54, 1.807) is 12.4 Å². The molecule has 1 aliphatic rings. The fourth-order valence-corrected chi connectivity index (χ4v) is 3.53. The van der Waals surface area contributed by atoms with Gasteiger partial charge in [0.1, 0.15) is 5.82 Å². The molecule has 6 heteroatoms. The Morgan fingerprint density at radius 3 is 3.22 bits per heavy atom. The molecule has 2 atom stereocenters. The Balaban J connectivity index is 1.92. The summed E-state index contributed by atoms with van der Waals surface area (Å²) < 4.78 is 1.91. The first-order chi connectivity index (χ1) is 8.78. The summed E-state index contributed by atoms with van der Waals surface area (Å²) in [5, 5.41) is 4.17.